The van der Waals surface area contributed by atoms with E-state index in [2.05, 4.69) is 16.9 Å². The molecule has 0 unspecified atom stereocenters. The smallest absolute Gasteiger partial charge is 0.218 e. The molecule has 1 aromatic rings. The van der Waals surface area contributed by atoms with Gasteiger partial charge in [-0.3, -0.25) is 0 Å². The molecule has 5 heteroatoms. The molecule has 0 amide bonds. The van der Waals surface area contributed by atoms with Gasteiger partial charge in [-0.25, -0.2) is 4.98 Å². The van der Waals surface area contributed by atoms with Crippen LogP contribution in [0.1, 0.15) is 44.3 Å². The summed E-state index contributed by atoms with van der Waals surface area (Å²) in [7, 11) is 0. The van der Waals surface area contributed by atoms with Gasteiger partial charge in [0.1, 0.15) is 18.2 Å². The summed E-state index contributed by atoms with van der Waals surface area (Å²) in [6.07, 6.45) is 4.55. The van der Waals surface area contributed by atoms with Crippen molar-refractivity contribution in [3.05, 3.63) is 11.9 Å². The number of hydrogen-bond acceptors (Lipinski definition) is 5. The second kappa shape index (κ2) is 6.54. The number of anilines is 1. The lowest BCUT2D eigenvalue weighted by molar-refractivity contribution is 0.0964. The van der Waals surface area contributed by atoms with Crippen molar-refractivity contribution in [1.29, 1.82) is 0 Å². The third kappa shape index (κ3) is 4.14. The van der Waals surface area contributed by atoms with Gasteiger partial charge in [-0.1, -0.05) is 13.3 Å². The number of unbranched alkanes of at least 4 members (excludes halogenated alkanes) is 1. The van der Waals surface area contributed by atoms with Crippen LogP contribution in [0, 0.1) is 0 Å². The highest BCUT2D eigenvalue weighted by Gasteiger charge is 2.27. The molecule has 0 atom stereocenters. The van der Waals surface area contributed by atoms with Gasteiger partial charge in [0.05, 0.1) is 6.61 Å². The van der Waals surface area contributed by atoms with Crippen molar-refractivity contribution in [2.45, 2.75) is 38.5 Å². The Labute approximate surface area is 108 Å². The van der Waals surface area contributed by atoms with Gasteiger partial charge in [0.2, 0.25) is 5.88 Å². The molecule has 1 aromatic heterocycles. The second-order valence-corrected chi connectivity index (χ2v) is 4.58. The van der Waals surface area contributed by atoms with Crippen molar-refractivity contribution in [1.82, 2.24) is 9.97 Å². The zero-order valence-electron chi connectivity index (χ0n) is 10.9. The number of nitrogens with two attached hydrogens (primary N) is 1. The molecule has 1 aliphatic carbocycles. The fourth-order valence-electron chi connectivity index (χ4n) is 1.61. The maximum absolute atomic E-state index is 5.73. The van der Waals surface area contributed by atoms with Gasteiger partial charge in [-0.2, -0.15) is 4.98 Å². The van der Waals surface area contributed by atoms with E-state index in [1.54, 1.807) is 6.07 Å². The molecule has 0 spiro atoms. The highest BCUT2D eigenvalue weighted by molar-refractivity contribution is 5.34. The average molecular weight is 251 g/mol. The van der Waals surface area contributed by atoms with Crippen LogP contribution in [-0.2, 0) is 4.74 Å². The lowest BCUT2D eigenvalue weighted by Crippen LogP contribution is -2.09. The van der Waals surface area contributed by atoms with Crippen LogP contribution in [-0.4, -0.2) is 29.8 Å². The standard InChI is InChI=1S/C13H21N3O2/c1-2-3-6-17-7-8-18-12-9-11(14)15-13(16-12)10-4-5-10/h9-10H,2-8H2,1H3,(H2,14,15,16). The Bertz CT molecular complexity index is 380. The van der Waals surface area contributed by atoms with Crippen LogP contribution in [0.3, 0.4) is 0 Å². The number of nitrogens with zero attached hydrogens (tertiary/aromatic N) is 2. The molecule has 1 aliphatic rings. The van der Waals surface area contributed by atoms with Gasteiger partial charge in [-0.15, -0.1) is 0 Å². The van der Waals surface area contributed by atoms with Crippen molar-refractivity contribution in [2.75, 3.05) is 25.6 Å². The molecule has 1 fully saturated rings. The fraction of sp³-hybridized carbons (Fsp3) is 0.692. The maximum atomic E-state index is 5.73. The van der Waals surface area contributed by atoms with Gasteiger partial charge in [0, 0.05) is 18.6 Å². The molecular formula is C13H21N3O2. The van der Waals surface area contributed by atoms with Gasteiger partial charge in [-0.05, 0) is 19.3 Å². The summed E-state index contributed by atoms with van der Waals surface area (Å²) in [4.78, 5) is 8.58. The summed E-state index contributed by atoms with van der Waals surface area (Å²) >= 11 is 0. The fourth-order valence-corrected chi connectivity index (χ4v) is 1.61. The third-order valence-electron chi connectivity index (χ3n) is 2.80. The van der Waals surface area contributed by atoms with Crippen molar-refractivity contribution in [2.24, 2.45) is 0 Å². The largest absolute Gasteiger partial charge is 0.475 e. The molecule has 0 aromatic carbocycles. The van der Waals surface area contributed by atoms with Crippen LogP contribution < -0.4 is 10.5 Å². The number of nitrogen functional groups attached to an aromatic ring is 1. The molecule has 0 aliphatic heterocycles. The van der Waals surface area contributed by atoms with E-state index in [9.17, 15) is 0 Å². The number of ether oxygens (including phenoxy) is 2. The Hall–Kier alpha value is -1.36. The second-order valence-electron chi connectivity index (χ2n) is 4.58. The quantitative estimate of drug-likeness (QED) is 0.717. The molecule has 0 radical (unpaired) electrons. The predicted octanol–water partition coefficient (Wildman–Crippen LogP) is 2.13. The molecular weight excluding hydrogens is 230 g/mol. The Kier molecular flexibility index (Phi) is 4.75. The van der Waals surface area contributed by atoms with Crippen LogP contribution >= 0.6 is 0 Å². The summed E-state index contributed by atoms with van der Waals surface area (Å²) in [6.45, 7) is 4.02. The van der Waals surface area contributed by atoms with E-state index in [0.29, 0.717) is 30.8 Å². The van der Waals surface area contributed by atoms with Crippen molar-refractivity contribution >= 4 is 5.82 Å². The summed E-state index contributed by atoms with van der Waals surface area (Å²) < 4.78 is 10.9. The number of rotatable bonds is 8. The highest BCUT2D eigenvalue weighted by Crippen LogP contribution is 2.38. The first-order valence-corrected chi connectivity index (χ1v) is 6.64. The van der Waals surface area contributed by atoms with E-state index in [4.69, 9.17) is 15.2 Å². The van der Waals surface area contributed by atoms with E-state index in [0.717, 1.165) is 38.1 Å². The molecule has 1 saturated carbocycles. The van der Waals surface area contributed by atoms with Crippen LogP contribution in [0.2, 0.25) is 0 Å². The topological polar surface area (TPSA) is 70.3 Å². The predicted molar refractivity (Wildman–Crippen MR) is 69.6 cm³/mol. The molecule has 1 heterocycles. The molecule has 5 nitrogen and oxygen atoms in total. The lowest BCUT2D eigenvalue weighted by atomic mass is 10.4. The Balaban J connectivity index is 1.74. The normalized spacial score (nSPS) is 14.7. The van der Waals surface area contributed by atoms with E-state index in [1.165, 1.54) is 0 Å². The summed E-state index contributed by atoms with van der Waals surface area (Å²) in [6, 6.07) is 1.66. The minimum atomic E-state index is 0.480. The van der Waals surface area contributed by atoms with Crippen molar-refractivity contribution in [3.63, 3.8) is 0 Å². The zero-order valence-corrected chi connectivity index (χ0v) is 10.9. The molecule has 100 valence electrons. The van der Waals surface area contributed by atoms with E-state index >= 15 is 0 Å². The SMILES string of the molecule is CCCCOCCOc1cc(N)nc(C2CC2)n1. The van der Waals surface area contributed by atoms with Gasteiger partial charge in [0.15, 0.2) is 0 Å². The van der Waals surface area contributed by atoms with Crippen LogP contribution in [0.25, 0.3) is 0 Å². The van der Waals surface area contributed by atoms with Crippen LogP contribution in [0.4, 0.5) is 5.82 Å². The Morgan fingerprint density at radius 3 is 2.83 bits per heavy atom. The molecule has 0 bridgehead atoms. The first-order chi connectivity index (χ1) is 8.79. The van der Waals surface area contributed by atoms with E-state index in [-0.39, 0.29) is 0 Å². The Morgan fingerprint density at radius 2 is 2.11 bits per heavy atom. The highest BCUT2D eigenvalue weighted by atomic mass is 16.5. The van der Waals surface area contributed by atoms with E-state index in [1.807, 2.05) is 0 Å². The number of aromatic nitrogens is 2. The van der Waals surface area contributed by atoms with Gasteiger partial charge < -0.3 is 15.2 Å². The molecule has 2 N–H and O–H groups in total. The monoisotopic (exact) mass is 251 g/mol. The zero-order chi connectivity index (χ0) is 12.8. The summed E-state index contributed by atoms with van der Waals surface area (Å²) in [5, 5.41) is 0. The van der Waals surface area contributed by atoms with Gasteiger partial charge in [0.25, 0.3) is 0 Å². The third-order valence-corrected chi connectivity index (χ3v) is 2.80. The first kappa shape index (κ1) is 13.1. The summed E-state index contributed by atoms with van der Waals surface area (Å²) in [5.41, 5.74) is 5.73. The van der Waals surface area contributed by atoms with Gasteiger partial charge >= 0.3 is 0 Å². The van der Waals surface area contributed by atoms with Crippen molar-refractivity contribution < 1.29 is 9.47 Å². The lowest BCUT2D eigenvalue weighted by Gasteiger charge is -2.08. The van der Waals surface area contributed by atoms with Crippen LogP contribution in [0.15, 0.2) is 6.07 Å². The average Bonchev–Trinajstić information content (AvgIpc) is 3.17. The molecule has 2 rings (SSSR count). The minimum Gasteiger partial charge on any atom is -0.475 e. The summed E-state index contributed by atoms with van der Waals surface area (Å²) in [5.74, 6) is 2.34. The minimum absolute atomic E-state index is 0.480. The number of hydrogen-bond donors (Lipinski definition) is 1. The van der Waals surface area contributed by atoms with Crippen molar-refractivity contribution in [3.8, 4) is 5.88 Å². The molecule has 0 saturated heterocycles. The molecule has 18 heavy (non-hydrogen) atoms. The first-order valence-electron chi connectivity index (χ1n) is 6.64. The van der Waals surface area contributed by atoms with Crippen LogP contribution in [0.5, 0.6) is 5.88 Å². The maximum Gasteiger partial charge on any atom is 0.218 e. The Morgan fingerprint density at radius 1 is 1.28 bits per heavy atom. The van der Waals surface area contributed by atoms with E-state index < -0.39 is 0 Å².